The van der Waals surface area contributed by atoms with Crippen molar-refractivity contribution in [2.75, 3.05) is 23.5 Å². The molecule has 0 saturated carbocycles. The van der Waals surface area contributed by atoms with E-state index in [1.807, 2.05) is 6.07 Å². The van der Waals surface area contributed by atoms with Gasteiger partial charge in [0.25, 0.3) is 10.0 Å². The first-order valence-corrected chi connectivity index (χ1v) is 12.5. The first-order chi connectivity index (χ1) is 15.2. The van der Waals surface area contributed by atoms with E-state index in [-0.39, 0.29) is 26.9 Å². The number of rotatable bonds is 8. The van der Waals surface area contributed by atoms with Crippen molar-refractivity contribution in [1.29, 1.82) is 5.26 Å². The topological polar surface area (TPSA) is 151 Å². The van der Waals surface area contributed by atoms with Crippen LogP contribution in [0.4, 0.5) is 11.5 Å². The number of anilines is 2. The van der Waals surface area contributed by atoms with Gasteiger partial charge in [-0.2, -0.15) is 14.7 Å². The van der Waals surface area contributed by atoms with E-state index in [2.05, 4.69) is 9.82 Å². The monoisotopic (exact) mass is 474 g/mol. The number of nitrogens with two attached hydrogens (primary N) is 1. The Bertz CT molecular complexity index is 1370. The lowest BCUT2D eigenvalue weighted by Gasteiger charge is -2.18. The van der Waals surface area contributed by atoms with Gasteiger partial charge in [-0.1, -0.05) is 26.0 Å². The summed E-state index contributed by atoms with van der Waals surface area (Å²) in [5.74, 6) is 0.0742. The van der Waals surface area contributed by atoms with Gasteiger partial charge in [0.2, 0.25) is 10.0 Å². The fourth-order valence-electron chi connectivity index (χ4n) is 3.09. The molecule has 0 atom stereocenters. The van der Waals surface area contributed by atoms with Crippen LogP contribution in [0.25, 0.3) is 5.69 Å². The van der Waals surface area contributed by atoms with Crippen LogP contribution in [0, 0.1) is 11.3 Å². The van der Waals surface area contributed by atoms with Crippen LogP contribution in [0.1, 0.15) is 19.4 Å². The molecule has 3 rings (SSSR count). The van der Waals surface area contributed by atoms with Crippen molar-refractivity contribution in [2.45, 2.75) is 23.6 Å². The maximum Gasteiger partial charge on any atom is 0.261 e. The summed E-state index contributed by atoms with van der Waals surface area (Å²) in [4.78, 5) is -0.106. The molecule has 0 aliphatic heterocycles. The molecule has 0 radical (unpaired) electrons. The second-order valence-corrected chi connectivity index (χ2v) is 10.3. The van der Waals surface area contributed by atoms with Crippen LogP contribution in [-0.2, 0) is 20.0 Å². The predicted molar refractivity (Wildman–Crippen MR) is 120 cm³/mol. The van der Waals surface area contributed by atoms with Gasteiger partial charge in [-0.25, -0.2) is 21.5 Å². The molecule has 0 spiro atoms. The van der Waals surface area contributed by atoms with E-state index in [0.29, 0.717) is 18.8 Å². The minimum absolute atomic E-state index is 0.00824. The second-order valence-electron chi connectivity index (χ2n) is 6.65. The molecule has 0 saturated heterocycles. The summed E-state index contributed by atoms with van der Waals surface area (Å²) in [6.07, 6.45) is 1.29. The summed E-state index contributed by atoms with van der Waals surface area (Å²) in [6.45, 7) is 4.07. The molecule has 2 aromatic carbocycles. The average molecular weight is 475 g/mol. The van der Waals surface area contributed by atoms with E-state index in [0.717, 1.165) is 0 Å². The molecule has 0 bridgehead atoms. The van der Waals surface area contributed by atoms with Gasteiger partial charge in [0.05, 0.1) is 27.4 Å². The SMILES string of the molecule is CCN(CC)S(=O)(=O)c1ccc(S(=O)(=O)Nc2ccccc2-n2ncc(C#N)c2N)cc1. The Kier molecular flexibility index (Phi) is 6.54. The highest BCUT2D eigenvalue weighted by molar-refractivity contribution is 7.92. The van der Waals surface area contributed by atoms with Crippen LogP contribution in [0.5, 0.6) is 0 Å². The van der Waals surface area contributed by atoms with Crippen LogP contribution in [0.15, 0.2) is 64.5 Å². The van der Waals surface area contributed by atoms with Crippen molar-refractivity contribution in [1.82, 2.24) is 14.1 Å². The van der Waals surface area contributed by atoms with Gasteiger partial charge in [-0.15, -0.1) is 0 Å². The van der Waals surface area contributed by atoms with Gasteiger partial charge in [0, 0.05) is 13.1 Å². The Morgan fingerprint density at radius 2 is 1.62 bits per heavy atom. The number of benzene rings is 2. The second kappa shape index (κ2) is 8.99. The summed E-state index contributed by atoms with van der Waals surface area (Å²) in [5, 5.41) is 13.1. The number of nitrogens with one attached hydrogen (secondary N) is 1. The van der Waals surface area contributed by atoms with Gasteiger partial charge in [0.15, 0.2) is 0 Å². The summed E-state index contributed by atoms with van der Waals surface area (Å²) >= 11 is 0. The fraction of sp³-hybridized carbons (Fsp3) is 0.200. The first-order valence-electron chi connectivity index (χ1n) is 9.61. The lowest BCUT2D eigenvalue weighted by atomic mass is 10.2. The van der Waals surface area contributed by atoms with Crippen molar-refractivity contribution >= 4 is 31.6 Å². The molecule has 3 N–H and O–H groups in total. The number of hydrogen-bond donors (Lipinski definition) is 2. The van der Waals surface area contributed by atoms with Crippen molar-refractivity contribution in [2.24, 2.45) is 0 Å². The summed E-state index contributed by atoms with van der Waals surface area (Å²) in [7, 11) is -7.76. The number of nitriles is 1. The third-order valence-corrected chi connectivity index (χ3v) is 8.23. The zero-order chi connectivity index (χ0) is 23.5. The van der Waals surface area contributed by atoms with E-state index in [4.69, 9.17) is 11.0 Å². The zero-order valence-electron chi connectivity index (χ0n) is 17.4. The normalized spacial score (nSPS) is 11.9. The number of para-hydroxylation sites is 2. The molecule has 32 heavy (non-hydrogen) atoms. The smallest absolute Gasteiger partial charge is 0.261 e. The molecule has 3 aromatic rings. The van der Waals surface area contributed by atoms with Crippen LogP contribution in [0.2, 0.25) is 0 Å². The van der Waals surface area contributed by atoms with Crippen LogP contribution < -0.4 is 10.5 Å². The number of aromatic nitrogens is 2. The number of nitrogen functional groups attached to an aromatic ring is 1. The third-order valence-electron chi connectivity index (χ3n) is 4.78. The minimum Gasteiger partial charge on any atom is -0.382 e. The van der Waals surface area contributed by atoms with Crippen molar-refractivity contribution in [3.63, 3.8) is 0 Å². The molecule has 1 aromatic heterocycles. The maximum atomic E-state index is 13.0. The quantitative estimate of drug-likeness (QED) is 0.507. The largest absolute Gasteiger partial charge is 0.382 e. The van der Waals surface area contributed by atoms with Gasteiger partial charge in [0.1, 0.15) is 17.5 Å². The Balaban J connectivity index is 1.95. The van der Waals surface area contributed by atoms with E-state index in [9.17, 15) is 16.8 Å². The fourth-order valence-corrected chi connectivity index (χ4v) is 5.62. The molecule has 0 aliphatic carbocycles. The van der Waals surface area contributed by atoms with Crippen LogP contribution >= 0.6 is 0 Å². The number of hydrogen-bond acceptors (Lipinski definition) is 7. The summed E-state index contributed by atoms with van der Waals surface area (Å²) in [5.41, 5.74) is 6.61. The van der Waals surface area contributed by atoms with Gasteiger partial charge in [-0.3, -0.25) is 4.72 Å². The van der Waals surface area contributed by atoms with Gasteiger partial charge < -0.3 is 5.73 Å². The van der Waals surface area contributed by atoms with Crippen LogP contribution in [-0.4, -0.2) is 44.0 Å². The molecule has 12 heteroatoms. The first kappa shape index (κ1) is 23.3. The molecule has 0 amide bonds. The van der Waals surface area contributed by atoms with E-state index in [1.165, 1.54) is 45.5 Å². The van der Waals surface area contributed by atoms with Gasteiger partial charge in [-0.05, 0) is 36.4 Å². The zero-order valence-corrected chi connectivity index (χ0v) is 19.1. The highest BCUT2D eigenvalue weighted by atomic mass is 32.2. The molecular formula is C20H22N6O4S2. The Labute approximate surface area is 187 Å². The Hall–Kier alpha value is -3.40. The molecule has 10 nitrogen and oxygen atoms in total. The van der Waals surface area contributed by atoms with Crippen molar-refractivity contribution < 1.29 is 16.8 Å². The Morgan fingerprint density at radius 3 is 2.19 bits per heavy atom. The highest BCUT2D eigenvalue weighted by Gasteiger charge is 2.23. The number of nitrogens with zero attached hydrogens (tertiary/aromatic N) is 4. The summed E-state index contributed by atoms with van der Waals surface area (Å²) < 4.78 is 56.2. The molecule has 0 unspecified atom stereocenters. The summed E-state index contributed by atoms with van der Waals surface area (Å²) in [6, 6.07) is 13.3. The molecule has 1 heterocycles. The lowest BCUT2D eigenvalue weighted by molar-refractivity contribution is 0.445. The average Bonchev–Trinajstić information content (AvgIpc) is 3.15. The number of sulfonamides is 2. The van der Waals surface area contributed by atoms with E-state index >= 15 is 0 Å². The lowest BCUT2D eigenvalue weighted by Crippen LogP contribution is -2.30. The molecule has 0 fully saturated rings. The Morgan fingerprint density at radius 1 is 1.03 bits per heavy atom. The highest BCUT2D eigenvalue weighted by Crippen LogP contribution is 2.27. The third kappa shape index (κ3) is 4.31. The maximum absolute atomic E-state index is 13.0. The molecule has 0 aliphatic rings. The minimum atomic E-state index is -4.05. The standard InChI is InChI=1S/C20H22N6O4S2/c1-3-25(4-2)32(29,30)17-11-9-16(10-12-17)31(27,28)24-18-7-5-6-8-19(18)26-20(22)15(13-21)14-23-26/h5-12,14,24H,3-4,22H2,1-2H3. The predicted octanol–water partition coefficient (Wildman–Crippen LogP) is 2.16. The van der Waals surface area contributed by atoms with Crippen molar-refractivity contribution in [3.05, 3.63) is 60.3 Å². The van der Waals surface area contributed by atoms with E-state index in [1.54, 1.807) is 32.0 Å². The molecular weight excluding hydrogens is 452 g/mol. The van der Waals surface area contributed by atoms with Crippen molar-refractivity contribution in [3.8, 4) is 11.8 Å². The van der Waals surface area contributed by atoms with Crippen LogP contribution in [0.3, 0.4) is 0 Å². The van der Waals surface area contributed by atoms with E-state index < -0.39 is 20.0 Å². The molecule has 168 valence electrons. The van der Waals surface area contributed by atoms with Gasteiger partial charge >= 0.3 is 0 Å².